The van der Waals surface area contributed by atoms with Crippen molar-refractivity contribution in [2.75, 3.05) is 6.54 Å². The normalized spacial score (nSPS) is 10.5. The first-order chi connectivity index (χ1) is 5.59. The van der Waals surface area contributed by atoms with Crippen molar-refractivity contribution in [3.05, 3.63) is 0 Å². The Balaban J connectivity index is 0. The van der Waals surface area contributed by atoms with E-state index in [0.717, 1.165) is 0 Å². The van der Waals surface area contributed by atoms with Gasteiger partial charge in [0.15, 0.2) is 0 Å². The zero-order valence-electron chi connectivity index (χ0n) is 7.16. The van der Waals surface area contributed by atoms with E-state index in [4.69, 9.17) is 21.8 Å². The molecule has 0 aromatic rings. The molecule has 0 saturated carbocycles. The van der Waals surface area contributed by atoms with Crippen molar-refractivity contribution in [2.24, 2.45) is 11.5 Å². The second-order valence-electron chi connectivity index (χ2n) is 2.10. The van der Waals surface area contributed by atoms with Gasteiger partial charge >= 0.3 is 5.97 Å². The smallest absolute Gasteiger partial charge is 0.320 e. The Morgan fingerprint density at radius 3 is 2.42 bits per heavy atom. The summed E-state index contributed by atoms with van der Waals surface area (Å²) >= 11 is 0. The van der Waals surface area contributed by atoms with Crippen LogP contribution in [0.1, 0.15) is 19.8 Å². The zero-order valence-corrected chi connectivity index (χ0v) is 7.16. The van der Waals surface area contributed by atoms with Crippen molar-refractivity contribution < 1.29 is 9.90 Å². The van der Waals surface area contributed by atoms with Crippen molar-refractivity contribution in [1.82, 2.24) is 0 Å². The predicted molar refractivity (Wildman–Crippen MR) is 45.2 cm³/mol. The molecule has 0 aliphatic heterocycles. The monoisotopic (exact) mass is 173 g/mol. The van der Waals surface area contributed by atoms with E-state index in [9.17, 15) is 4.79 Å². The Morgan fingerprint density at radius 2 is 2.17 bits per heavy atom. The number of nitrogens with zero attached hydrogens (tertiary/aromatic N) is 1. The van der Waals surface area contributed by atoms with Crippen LogP contribution in [0.15, 0.2) is 0 Å². The molecule has 0 aliphatic carbocycles. The highest BCUT2D eigenvalue weighted by atomic mass is 16.4. The lowest BCUT2D eigenvalue weighted by molar-refractivity contribution is -0.138. The molecule has 0 heterocycles. The molecule has 0 rings (SSSR count). The van der Waals surface area contributed by atoms with Gasteiger partial charge in [0.05, 0.1) is 6.07 Å². The van der Waals surface area contributed by atoms with Crippen molar-refractivity contribution in [2.45, 2.75) is 25.8 Å². The molecule has 0 fully saturated rings. The number of carboxylic acids is 1. The van der Waals surface area contributed by atoms with Crippen LogP contribution in [0.25, 0.3) is 0 Å². The Bertz CT molecular complexity index is 153. The molecule has 0 spiro atoms. The third-order valence-electron chi connectivity index (χ3n) is 1.04. The molecule has 5 heteroatoms. The van der Waals surface area contributed by atoms with Crippen LogP contribution in [0.2, 0.25) is 0 Å². The van der Waals surface area contributed by atoms with Crippen LogP contribution in [0.5, 0.6) is 0 Å². The van der Waals surface area contributed by atoms with E-state index >= 15 is 0 Å². The number of hydrogen-bond acceptors (Lipinski definition) is 4. The number of carbonyl (C=O) groups is 1. The number of nitriles is 1. The maximum Gasteiger partial charge on any atom is 0.320 e. The minimum absolute atomic E-state index is 0.464. The number of rotatable bonds is 4. The summed E-state index contributed by atoms with van der Waals surface area (Å²) in [6.45, 7) is 1.93. The number of aliphatic carboxylic acids is 1. The highest BCUT2D eigenvalue weighted by Gasteiger charge is 2.08. The fourth-order valence-corrected chi connectivity index (χ4v) is 0.461. The quantitative estimate of drug-likeness (QED) is 0.538. The number of hydrogen-bond donors (Lipinski definition) is 3. The van der Waals surface area contributed by atoms with E-state index in [2.05, 4.69) is 0 Å². The molecule has 0 amide bonds. The second kappa shape index (κ2) is 9.88. The lowest BCUT2D eigenvalue weighted by Gasteiger charge is -2.02. The fraction of sp³-hybridized carbons (Fsp3) is 0.714. The van der Waals surface area contributed by atoms with Crippen LogP contribution in [-0.2, 0) is 4.79 Å². The summed E-state index contributed by atoms with van der Waals surface area (Å²) in [6.07, 6.45) is 1.14. The molecule has 70 valence electrons. The molecular formula is C7H15N3O2. The average molecular weight is 173 g/mol. The van der Waals surface area contributed by atoms with Gasteiger partial charge in [0.1, 0.15) is 6.04 Å². The van der Waals surface area contributed by atoms with E-state index in [1.54, 1.807) is 6.07 Å². The second-order valence-corrected chi connectivity index (χ2v) is 2.10. The molecule has 5 nitrogen and oxygen atoms in total. The van der Waals surface area contributed by atoms with Gasteiger partial charge in [-0.1, -0.05) is 0 Å². The van der Waals surface area contributed by atoms with Crippen LogP contribution < -0.4 is 11.5 Å². The molecule has 0 radical (unpaired) electrons. The van der Waals surface area contributed by atoms with E-state index < -0.39 is 12.0 Å². The third kappa shape index (κ3) is 11.6. The standard InChI is InChI=1S/C5H12N2O2.C2H3N/c6-3-1-2-4(7)5(8)9;1-2-3/h4H,1-3,6-7H2,(H,8,9);1H3/t4-;/m0./s1. The maximum absolute atomic E-state index is 10.0. The van der Waals surface area contributed by atoms with E-state index in [0.29, 0.717) is 19.4 Å². The van der Waals surface area contributed by atoms with E-state index in [1.807, 2.05) is 0 Å². The summed E-state index contributed by atoms with van der Waals surface area (Å²) in [5.41, 5.74) is 10.3. The van der Waals surface area contributed by atoms with Crippen molar-refractivity contribution in [1.29, 1.82) is 5.26 Å². The van der Waals surface area contributed by atoms with Gasteiger partial charge < -0.3 is 16.6 Å². The van der Waals surface area contributed by atoms with Gasteiger partial charge in [-0.3, -0.25) is 4.79 Å². The van der Waals surface area contributed by atoms with Gasteiger partial charge in [0.2, 0.25) is 0 Å². The maximum atomic E-state index is 10.0. The Hall–Kier alpha value is -1.12. The van der Waals surface area contributed by atoms with Gasteiger partial charge in [-0.05, 0) is 19.4 Å². The molecule has 0 bridgehead atoms. The fourth-order valence-electron chi connectivity index (χ4n) is 0.461. The Labute approximate surface area is 72.0 Å². The van der Waals surface area contributed by atoms with Crippen LogP contribution in [0.3, 0.4) is 0 Å². The Morgan fingerprint density at radius 1 is 1.75 bits per heavy atom. The van der Waals surface area contributed by atoms with Crippen LogP contribution in [0.4, 0.5) is 0 Å². The van der Waals surface area contributed by atoms with Crippen molar-refractivity contribution in [3.63, 3.8) is 0 Å². The SMILES string of the molecule is CC#N.NCCC[C@H](N)C(=O)O. The molecule has 0 saturated heterocycles. The summed E-state index contributed by atoms with van der Waals surface area (Å²) in [5, 5.41) is 15.6. The lowest BCUT2D eigenvalue weighted by Crippen LogP contribution is -2.30. The summed E-state index contributed by atoms with van der Waals surface area (Å²) in [5.74, 6) is -0.955. The molecule has 0 aromatic carbocycles. The highest BCUT2D eigenvalue weighted by molar-refractivity contribution is 5.72. The molecule has 0 aliphatic rings. The lowest BCUT2D eigenvalue weighted by atomic mass is 10.2. The molecule has 0 unspecified atom stereocenters. The van der Waals surface area contributed by atoms with Crippen molar-refractivity contribution >= 4 is 5.97 Å². The molecule has 5 N–H and O–H groups in total. The van der Waals surface area contributed by atoms with E-state index in [-0.39, 0.29) is 0 Å². The largest absolute Gasteiger partial charge is 0.480 e. The average Bonchev–Trinajstić information content (AvgIpc) is 2.01. The first kappa shape index (κ1) is 13.5. The first-order valence-electron chi connectivity index (χ1n) is 3.59. The highest BCUT2D eigenvalue weighted by Crippen LogP contribution is 1.91. The van der Waals surface area contributed by atoms with Gasteiger partial charge in [-0.25, -0.2) is 0 Å². The Kier molecular flexibility index (Phi) is 11.1. The van der Waals surface area contributed by atoms with Crippen molar-refractivity contribution in [3.8, 4) is 6.07 Å². The minimum atomic E-state index is -0.955. The van der Waals surface area contributed by atoms with E-state index in [1.165, 1.54) is 6.92 Å². The summed E-state index contributed by atoms with van der Waals surface area (Å²) < 4.78 is 0. The molecule has 12 heavy (non-hydrogen) atoms. The number of nitrogens with two attached hydrogens (primary N) is 2. The number of carboxylic acid groups (broad SMARTS) is 1. The third-order valence-corrected chi connectivity index (χ3v) is 1.04. The van der Waals surface area contributed by atoms with Gasteiger partial charge in [-0.15, -0.1) is 0 Å². The van der Waals surface area contributed by atoms with Crippen LogP contribution in [-0.4, -0.2) is 23.7 Å². The summed E-state index contributed by atoms with van der Waals surface area (Å²) in [7, 11) is 0. The van der Waals surface area contributed by atoms with Gasteiger partial charge in [0, 0.05) is 6.92 Å². The summed E-state index contributed by atoms with van der Waals surface area (Å²) in [4.78, 5) is 10.0. The summed E-state index contributed by atoms with van der Waals surface area (Å²) in [6, 6.07) is 1.01. The molecule has 0 aromatic heterocycles. The minimum Gasteiger partial charge on any atom is -0.480 e. The topological polar surface area (TPSA) is 113 Å². The van der Waals surface area contributed by atoms with Gasteiger partial charge in [-0.2, -0.15) is 5.26 Å². The van der Waals surface area contributed by atoms with Crippen LogP contribution >= 0.6 is 0 Å². The zero-order chi connectivity index (χ0) is 9.98. The van der Waals surface area contributed by atoms with Gasteiger partial charge in [0.25, 0.3) is 0 Å². The first-order valence-corrected chi connectivity index (χ1v) is 3.59. The molecular weight excluding hydrogens is 158 g/mol. The van der Waals surface area contributed by atoms with Crippen LogP contribution in [0, 0.1) is 11.3 Å². The molecule has 1 atom stereocenters. The predicted octanol–water partition coefficient (Wildman–Crippen LogP) is -0.333.